The lowest BCUT2D eigenvalue weighted by Crippen LogP contribution is -2.51. The third kappa shape index (κ3) is 10.1. The van der Waals surface area contributed by atoms with Crippen LogP contribution in [0.4, 0.5) is 0 Å². The van der Waals surface area contributed by atoms with E-state index in [1.165, 1.54) is 6.42 Å². The van der Waals surface area contributed by atoms with Crippen LogP contribution in [-0.2, 0) is 19.6 Å². The highest BCUT2D eigenvalue weighted by molar-refractivity contribution is 7.88. The van der Waals surface area contributed by atoms with Crippen LogP contribution in [0.15, 0.2) is 36.4 Å². The average molecular weight is 508 g/mol. The lowest BCUT2D eigenvalue weighted by Gasteiger charge is -2.30. The molecular weight excluding hydrogens is 466 g/mol. The highest BCUT2D eigenvalue weighted by Gasteiger charge is 2.35. The summed E-state index contributed by atoms with van der Waals surface area (Å²) in [5.74, 6) is -2.35. The van der Waals surface area contributed by atoms with Gasteiger partial charge in [-0.15, -0.1) is 4.41 Å². The quantitative estimate of drug-likeness (QED) is 0.274. The molecule has 0 aliphatic heterocycles. The van der Waals surface area contributed by atoms with Crippen LogP contribution in [0.1, 0.15) is 70.8 Å². The smallest absolute Gasteiger partial charge is 0.247 e. The highest BCUT2D eigenvalue weighted by atomic mass is 32.2. The van der Waals surface area contributed by atoms with E-state index in [2.05, 4.69) is 5.43 Å². The van der Waals surface area contributed by atoms with Gasteiger partial charge in [-0.25, -0.2) is 13.9 Å². The Morgan fingerprint density at radius 3 is 2.31 bits per heavy atom. The van der Waals surface area contributed by atoms with Gasteiger partial charge in [0.2, 0.25) is 21.8 Å². The summed E-state index contributed by atoms with van der Waals surface area (Å²) in [6, 6.07) is 9.56. The van der Waals surface area contributed by atoms with Gasteiger partial charge in [0.1, 0.15) is 0 Å². The second kappa shape index (κ2) is 14.4. The van der Waals surface area contributed by atoms with Gasteiger partial charge in [-0.3, -0.25) is 20.2 Å². The Hall–Kier alpha value is -2.23. The normalized spacial score (nSPS) is 17.0. The number of amides is 2. The van der Waals surface area contributed by atoms with Crippen LogP contribution >= 0.6 is 0 Å². The van der Waals surface area contributed by atoms with Gasteiger partial charge in [0.05, 0.1) is 18.1 Å². The zero-order valence-corrected chi connectivity index (χ0v) is 22.0. The molecule has 8 nitrogen and oxygen atoms in total. The number of nitrogens with zero attached hydrogens (tertiary/aromatic N) is 1. The Labute approximate surface area is 210 Å². The summed E-state index contributed by atoms with van der Waals surface area (Å²) in [5.41, 5.74) is 5.23. The number of benzene rings is 1. The topological polar surface area (TPSA) is 116 Å². The number of hydrogen-bond acceptors (Lipinski definition) is 5. The molecule has 2 atom stereocenters. The predicted molar refractivity (Wildman–Crippen MR) is 137 cm³/mol. The molecule has 196 valence electrons. The van der Waals surface area contributed by atoms with Crippen LogP contribution in [0.2, 0.25) is 0 Å². The zero-order valence-electron chi connectivity index (χ0n) is 21.2. The van der Waals surface area contributed by atoms with Gasteiger partial charge < -0.3 is 0 Å². The summed E-state index contributed by atoms with van der Waals surface area (Å²) in [7, 11) is -3.69. The number of carbonyl (C=O) groups is 2. The highest BCUT2D eigenvalue weighted by Crippen LogP contribution is 2.28. The summed E-state index contributed by atoms with van der Waals surface area (Å²) in [6.07, 6.45) is 11.7. The van der Waals surface area contributed by atoms with Gasteiger partial charge in [-0.2, -0.15) is 0 Å². The minimum absolute atomic E-state index is 0.0757. The molecule has 35 heavy (non-hydrogen) atoms. The molecular formula is C26H41N3O5S. The molecule has 0 saturated heterocycles. The molecule has 0 heterocycles. The molecule has 1 aliphatic rings. The lowest BCUT2D eigenvalue weighted by atomic mass is 9.82. The van der Waals surface area contributed by atoms with Crippen LogP contribution in [0.25, 0.3) is 6.08 Å². The zero-order chi connectivity index (χ0) is 25.8. The number of nitrogens with one attached hydrogen (secondary N) is 2. The third-order valence-electron chi connectivity index (χ3n) is 6.60. The van der Waals surface area contributed by atoms with Gasteiger partial charge in [0.25, 0.3) is 0 Å². The van der Waals surface area contributed by atoms with Gasteiger partial charge >= 0.3 is 0 Å². The average Bonchev–Trinajstić information content (AvgIpc) is 2.83. The molecule has 0 aromatic heterocycles. The lowest BCUT2D eigenvalue weighted by molar-refractivity contribution is -0.141. The molecule has 3 N–H and O–H groups in total. The Bertz CT molecular complexity index is 928. The van der Waals surface area contributed by atoms with E-state index in [1.807, 2.05) is 50.3 Å². The molecule has 2 amide bonds. The second-order valence-electron chi connectivity index (χ2n) is 9.97. The van der Waals surface area contributed by atoms with Crippen molar-refractivity contribution in [1.29, 1.82) is 0 Å². The molecule has 0 bridgehead atoms. The largest absolute Gasteiger partial charge is 0.289 e. The molecule has 2 rings (SSSR count). The van der Waals surface area contributed by atoms with Gasteiger partial charge in [0, 0.05) is 6.54 Å². The SMILES string of the molecule is CC(C)C[C@@H](C(=O)NN(CCC1CCCCC1)S(C)(=O)=O)[C@H](CC=Cc1ccccc1)C(=O)NO. The number of carbonyl (C=O) groups excluding carboxylic acids is 2. The molecule has 1 aliphatic carbocycles. The van der Waals surface area contributed by atoms with Crippen molar-refractivity contribution in [3.8, 4) is 0 Å². The Balaban J connectivity index is 2.18. The minimum Gasteiger partial charge on any atom is -0.289 e. The van der Waals surface area contributed by atoms with Crippen molar-refractivity contribution < 1.29 is 23.2 Å². The fraction of sp³-hybridized carbons (Fsp3) is 0.615. The standard InChI is InChI=1S/C26H41N3O5S/c1-20(2)19-24(23(26(31)28-32)16-10-15-21-11-6-4-7-12-21)25(30)27-29(35(3,33)34)18-17-22-13-8-5-9-14-22/h4,6-7,10-12,15,20,22-24,32H,5,8-9,13-14,16-19H2,1-3H3,(H,27,30)(H,28,31)/t23-,24+/m0/s1. The Morgan fingerprint density at radius 1 is 1.09 bits per heavy atom. The van der Waals surface area contributed by atoms with Gasteiger partial charge in [-0.05, 0) is 36.7 Å². The number of hydrazine groups is 1. The number of hydroxylamine groups is 1. The van der Waals surface area contributed by atoms with Crippen LogP contribution in [0.3, 0.4) is 0 Å². The summed E-state index contributed by atoms with van der Waals surface area (Å²) in [6.45, 7) is 4.07. The van der Waals surface area contributed by atoms with E-state index in [1.54, 1.807) is 11.6 Å². The predicted octanol–water partition coefficient (Wildman–Crippen LogP) is 4.14. The van der Waals surface area contributed by atoms with Crippen molar-refractivity contribution in [3.63, 3.8) is 0 Å². The number of allylic oxidation sites excluding steroid dienone is 1. The first-order valence-electron chi connectivity index (χ1n) is 12.6. The monoisotopic (exact) mass is 507 g/mol. The number of rotatable bonds is 13. The van der Waals surface area contributed by atoms with Gasteiger partial charge in [-0.1, -0.05) is 88.4 Å². The van der Waals surface area contributed by atoms with E-state index < -0.39 is 33.7 Å². The fourth-order valence-corrected chi connectivity index (χ4v) is 5.39. The molecule has 1 aromatic rings. The summed E-state index contributed by atoms with van der Waals surface area (Å²) >= 11 is 0. The van der Waals surface area contributed by atoms with E-state index in [9.17, 15) is 23.2 Å². The molecule has 0 spiro atoms. The molecule has 0 radical (unpaired) electrons. The fourth-order valence-electron chi connectivity index (χ4n) is 4.70. The summed E-state index contributed by atoms with van der Waals surface area (Å²) < 4.78 is 25.9. The maximum Gasteiger partial charge on any atom is 0.247 e. The summed E-state index contributed by atoms with van der Waals surface area (Å²) in [4.78, 5) is 26.0. The first-order chi connectivity index (χ1) is 16.6. The first-order valence-corrected chi connectivity index (χ1v) is 14.4. The summed E-state index contributed by atoms with van der Waals surface area (Å²) in [5, 5.41) is 9.36. The van der Waals surface area contributed by atoms with E-state index in [4.69, 9.17) is 0 Å². The second-order valence-corrected chi connectivity index (χ2v) is 11.9. The maximum absolute atomic E-state index is 13.4. The molecule has 1 aromatic carbocycles. The molecule has 9 heteroatoms. The van der Waals surface area contributed by atoms with Crippen molar-refractivity contribution in [2.24, 2.45) is 23.7 Å². The van der Waals surface area contributed by atoms with E-state index in [0.717, 1.165) is 41.9 Å². The van der Waals surface area contributed by atoms with Crippen molar-refractivity contribution in [3.05, 3.63) is 42.0 Å². The van der Waals surface area contributed by atoms with Crippen LogP contribution < -0.4 is 10.9 Å². The number of hydrogen-bond donors (Lipinski definition) is 3. The van der Waals surface area contributed by atoms with Crippen molar-refractivity contribution >= 4 is 27.9 Å². The van der Waals surface area contributed by atoms with Crippen LogP contribution in [0, 0.1) is 23.7 Å². The van der Waals surface area contributed by atoms with Gasteiger partial charge in [0.15, 0.2) is 0 Å². The van der Waals surface area contributed by atoms with Crippen molar-refractivity contribution in [2.45, 2.75) is 65.2 Å². The maximum atomic E-state index is 13.4. The molecule has 1 saturated carbocycles. The Morgan fingerprint density at radius 2 is 1.74 bits per heavy atom. The van der Waals surface area contributed by atoms with Crippen molar-refractivity contribution in [1.82, 2.24) is 15.3 Å². The minimum atomic E-state index is -3.69. The third-order valence-corrected chi connectivity index (χ3v) is 7.67. The van der Waals surface area contributed by atoms with Crippen LogP contribution in [0.5, 0.6) is 0 Å². The van der Waals surface area contributed by atoms with E-state index in [0.29, 0.717) is 18.8 Å². The number of sulfonamides is 1. The van der Waals surface area contributed by atoms with Crippen molar-refractivity contribution in [2.75, 3.05) is 12.8 Å². The molecule has 1 fully saturated rings. The first kappa shape index (κ1) is 29.0. The van der Waals surface area contributed by atoms with E-state index in [-0.39, 0.29) is 18.9 Å². The Kier molecular flexibility index (Phi) is 11.9. The van der Waals surface area contributed by atoms with E-state index >= 15 is 0 Å². The van der Waals surface area contributed by atoms with Crippen LogP contribution in [-0.4, -0.2) is 42.7 Å². The molecule has 0 unspecified atom stereocenters.